The van der Waals surface area contributed by atoms with Crippen molar-refractivity contribution in [2.24, 2.45) is 0 Å². The standard InChI is InChI=1S/C12H5ClF5NO3/c13-12(18)3-7(20)11(19(21)22)10(17)8(12)4-1-5(14)9(16)6(15)2-4/h1-2,20H,3H2. The number of nitrogens with zero attached hydrogens (tertiary/aromatic N) is 1. The van der Waals surface area contributed by atoms with Crippen molar-refractivity contribution in [2.75, 3.05) is 0 Å². The van der Waals surface area contributed by atoms with E-state index in [1.165, 1.54) is 0 Å². The van der Waals surface area contributed by atoms with Crippen LogP contribution in [-0.4, -0.2) is 15.2 Å². The number of alkyl halides is 2. The molecule has 22 heavy (non-hydrogen) atoms. The first-order chi connectivity index (χ1) is 10.1. The molecular formula is C12H5ClF5NO3. The molecule has 0 aromatic heterocycles. The second-order valence-corrected chi connectivity index (χ2v) is 4.98. The Morgan fingerprint density at radius 1 is 1.23 bits per heavy atom. The quantitative estimate of drug-likeness (QED) is 0.289. The molecule has 0 saturated carbocycles. The van der Waals surface area contributed by atoms with E-state index in [0.29, 0.717) is 0 Å². The second-order valence-electron chi connectivity index (χ2n) is 4.38. The van der Waals surface area contributed by atoms with Crippen LogP contribution in [0.25, 0.3) is 5.57 Å². The number of aliphatic hydroxyl groups is 1. The van der Waals surface area contributed by atoms with Crippen molar-refractivity contribution in [3.63, 3.8) is 0 Å². The highest BCUT2D eigenvalue weighted by atomic mass is 35.5. The minimum absolute atomic E-state index is 0.240. The van der Waals surface area contributed by atoms with Gasteiger partial charge >= 0.3 is 5.70 Å². The molecule has 2 rings (SSSR count). The highest BCUT2D eigenvalue weighted by Crippen LogP contribution is 2.48. The molecule has 0 bridgehead atoms. The van der Waals surface area contributed by atoms with E-state index in [4.69, 9.17) is 11.6 Å². The Bertz CT molecular complexity index is 721. The molecule has 0 radical (unpaired) electrons. The lowest BCUT2D eigenvalue weighted by atomic mass is 9.91. The van der Waals surface area contributed by atoms with E-state index in [1.54, 1.807) is 0 Å². The van der Waals surface area contributed by atoms with Gasteiger partial charge in [0.1, 0.15) is 0 Å². The van der Waals surface area contributed by atoms with Crippen LogP contribution >= 0.6 is 11.6 Å². The topological polar surface area (TPSA) is 63.4 Å². The third-order valence-corrected chi connectivity index (χ3v) is 3.23. The summed E-state index contributed by atoms with van der Waals surface area (Å²) in [6.45, 7) is 0. The highest BCUT2D eigenvalue weighted by molar-refractivity contribution is 6.29. The number of halogens is 6. The van der Waals surface area contributed by atoms with Gasteiger partial charge in [0.15, 0.2) is 23.2 Å². The number of allylic oxidation sites excluding steroid dienone is 3. The van der Waals surface area contributed by atoms with E-state index in [1.807, 2.05) is 0 Å². The number of rotatable bonds is 2. The SMILES string of the molecule is O=[N+]([O-])C1=C(O)CC(F)(Cl)C(c2cc(F)c(F)c(F)c2)=C1F. The molecule has 1 aliphatic rings. The summed E-state index contributed by atoms with van der Waals surface area (Å²) in [6, 6.07) is 0.480. The zero-order chi connectivity index (χ0) is 16.8. The molecule has 0 saturated heterocycles. The summed E-state index contributed by atoms with van der Waals surface area (Å²) in [4.78, 5) is 9.35. The van der Waals surface area contributed by atoms with Gasteiger partial charge in [0.2, 0.25) is 11.0 Å². The summed E-state index contributed by atoms with van der Waals surface area (Å²) >= 11 is 5.36. The van der Waals surface area contributed by atoms with Crippen LogP contribution < -0.4 is 0 Å². The number of aliphatic hydroxyl groups excluding tert-OH is 1. The van der Waals surface area contributed by atoms with Crippen LogP contribution in [0.15, 0.2) is 29.4 Å². The predicted octanol–water partition coefficient (Wildman–Crippen LogP) is 4.14. The van der Waals surface area contributed by atoms with Crippen molar-refractivity contribution < 1.29 is 32.0 Å². The van der Waals surface area contributed by atoms with Crippen molar-refractivity contribution in [3.8, 4) is 0 Å². The van der Waals surface area contributed by atoms with Gasteiger partial charge in [0.05, 0.1) is 16.9 Å². The number of benzene rings is 1. The van der Waals surface area contributed by atoms with Crippen LogP contribution in [0.4, 0.5) is 22.0 Å². The lowest BCUT2D eigenvalue weighted by molar-refractivity contribution is -0.426. The zero-order valence-corrected chi connectivity index (χ0v) is 11.1. The summed E-state index contributed by atoms with van der Waals surface area (Å²) < 4.78 is 67.6. The van der Waals surface area contributed by atoms with Gasteiger partial charge in [0, 0.05) is 0 Å². The molecule has 1 aliphatic carbocycles. The van der Waals surface area contributed by atoms with Crippen molar-refractivity contribution in [3.05, 3.63) is 62.5 Å². The lowest BCUT2D eigenvalue weighted by Crippen LogP contribution is -2.26. The first-order valence-corrected chi connectivity index (χ1v) is 5.94. The Balaban J connectivity index is 2.77. The number of hydrogen-bond acceptors (Lipinski definition) is 3. The van der Waals surface area contributed by atoms with Gasteiger partial charge in [0.25, 0.3) is 0 Å². The van der Waals surface area contributed by atoms with Gasteiger partial charge in [-0.3, -0.25) is 10.1 Å². The lowest BCUT2D eigenvalue weighted by Gasteiger charge is -2.25. The maximum Gasteiger partial charge on any atom is 0.342 e. The summed E-state index contributed by atoms with van der Waals surface area (Å²) in [7, 11) is 0. The fourth-order valence-corrected chi connectivity index (χ4v) is 2.33. The monoisotopic (exact) mass is 341 g/mol. The average molecular weight is 342 g/mol. The van der Waals surface area contributed by atoms with Crippen molar-refractivity contribution in [1.82, 2.24) is 0 Å². The second kappa shape index (κ2) is 5.24. The largest absolute Gasteiger partial charge is 0.506 e. The molecule has 0 aliphatic heterocycles. The Morgan fingerprint density at radius 3 is 2.18 bits per heavy atom. The van der Waals surface area contributed by atoms with Crippen molar-refractivity contribution in [2.45, 2.75) is 11.5 Å². The number of hydrogen-bond donors (Lipinski definition) is 1. The van der Waals surface area contributed by atoms with Crippen molar-refractivity contribution >= 4 is 17.2 Å². The van der Waals surface area contributed by atoms with E-state index < -0.39 is 62.3 Å². The molecule has 1 aromatic carbocycles. The first kappa shape index (κ1) is 16.2. The van der Waals surface area contributed by atoms with E-state index in [2.05, 4.69) is 0 Å². The minimum atomic E-state index is -3.20. The van der Waals surface area contributed by atoms with E-state index >= 15 is 0 Å². The van der Waals surface area contributed by atoms with Crippen LogP contribution in [-0.2, 0) is 0 Å². The molecule has 0 amide bonds. The molecule has 1 N–H and O–H groups in total. The molecule has 0 heterocycles. The summed E-state index contributed by atoms with van der Waals surface area (Å²) in [6.07, 6.45) is -1.20. The van der Waals surface area contributed by atoms with Gasteiger partial charge < -0.3 is 5.11 Å². The molecule has 1 atom stereocenters. The first-order valence-electron chi connectivity index (χ1n) is 5.56. The third-order valence-electron chi connectivity index (χ3n) is 2.91. The van der Waals surface area contributed by atoms with Gasteiger partial charge in [-0.25, -0.2) is 17.6 Å². The molecular weight excluding hydrogens is 337 g/mol. The summed E-state index contributed by atoms with van der Waals surface area (Å²) in [5.74, 6) is -8.58. The third kappa shape index (κ3) is 2.52. The Hall–Kier alpha value is -2.16. The minimum Gasteiger partial charge on any atom is -0.506 e. The maximum absolute atomic E-state index is 14.2. The van der Waals surface area contributed by atoms with E-state index in [0.717, 1.165) is 0 Å². The van der Waals surface area contributed by atoms with Gasteiger partial charge in [-0.05, 0) is 17.7 Å². The molecule has 0 fully saturated rings. The van der Waals surface area contributed by atoms with Crippen LogP contribution in [0.5, 0.6) is 0 Å². The predicted molar refractivity (Wildman–Crippen MR) is 65.3 cm³/mol. The zero-order valence-electron chi connectivity index (χ0n) is 10.3. The van der Waals surface area contributed by atoms with E-state index in [-0.39, 0.29) is 12.1 Å². The Kier molecular flexibility index (Phi) is 3.86. The molecule has 4 nitrogen and oxygen atoms in total. The van der Waals surface area contributed by atoms with Crippen LogP contribution in [0, 0.1) is 27.6 Å². The molecule has 0 spiro atoms. The Labute approximate surface area is 124 Å². The van der Waals surface area contributed by atoms with Gasteiger partial charge in [-0.2, -0.15) is 4.39 Å². The average Bonchev–Trinajstić information content (AvgIpc) is 2.33. The fourth-order valence-electron chi connectivity index (χ4n) is 2.01. The highest BCUT2D eigenvalue weighted by Gasteiger charge is 2.47. The molecule has 118 valence electrons. The Morgan fingerprint density at radius 2 is 1.73 bits per heavy atom. The van der Waals surface area contributed by atoms with Crippen LogP contribution in [0.2, 0.25) is 0 Å². The number of nitro groups is 1. The van der Waals surface area contributed by atoms with Gasteiger partial charge in [-0.1, -0.05) is 11.6 Å². The van der Waals surface area contributed by atoms with E-state index in [9.17, 15) is 37.2 Å². The van der Waals surface area contributed by atoms with Crippen LogP contribution in [0.3, 0.4) is 0 Å². The summed E-state index contributed by atoms with van der Waals surface area (Å²) in [5.41, 5.74) is -3.61. The summed E-state index contributed by atoms with van der Waals surface area (Å²) in [5, 5.41) is 16.8. The normalized spacial score (nSPS) is 22.3. The molecule has 1 unspecified atom stereocenters. The maximum atomic E-state index is 14.2. The van der Waals surface area contributed by atoms with Gasteiger partial charge in [-0.15, -0.1) is 0 Å². The fraction of sp³-hybridized carbons (Fsp3) is 0.167. The van der Waals surface area contributed by atoms with Crippen LogP contribution in [0.1, 0.15) is 12.0 Å². The molecule has 1 aromatic rings. The molecule has 10 heteroatoms. The van der Waals surface area contributed by atoms with Crippen molar-refractivity contribution in [1.29, 1.82) is 0 Å². The smallest absolute Gasteiger partial charge is 0.342 e.